The third kappa shape index (κ3) is 4.65. The van der Waals surface area contributed by atoms with Crippen molar-refractivity contribution >= 4 is 34.5 Å². The topological polar surface area (TPSA) is 73.3 Å². The Labute approximate surface area is 218 Å². The summed E-state index contributed by atoms with van der Waals surface area (Å²) in [5.74, 6) is -1.22. The number of ether oxygens (including phenoxy) is 1. The molecule has 3 aromatic carbocycles. The molecule has 1 N–H and O–H groups in total. The minimum absolute atomic E-state index is 0.0302. The van der Waals surface area contributed by atoms with E-state index in [9.17, 15) is 14.7 Å². The van der Waals surface area contributed by atoms with Gasteiger partial charge in [-0.25, -0.2) is 0 Å². The van der Waals surface area contributed by atoms with E-state index < -0.39 is 17.7 Å². The summed E-state index contributed by atoms with van der Waals surface area (Å²) < 4.78 is 5.59. The smallest absolute Gasteiger partial charge is 0.300 e. The Bertz CT molecular complexity index is 1370. The molecule has 1 saturated heterocycles. The molecule has 1 fully saturated rings. The summed E-state index contributed by atoms with van der Waals surface area (Å²) in [5.41, 5.74) is 5.37. The van der Waals surface area contributed by atoms with Crippen LogP contribution in [0.15, 0.2) is 66.2 Å². The summed E-state index contributed by atoms with van der Waals surface area (Å²) in [6.45, 7) is 3.79. The zero-order valence-electron chi connectivity index (χ0n) is 22.4. The van der Waals surface area contributed by atoms with Crippen LogP contribution in [0.1, 0.15) is 28.3 Å². The van der Waals surface area contributed by atoms with E-state index in [0.717, 1.165) is 22.5 Å². The molecule has 7 heteroatoms. The maximum atomic E-state index is 13.5. The van der Waals surface area contributed by atoms with Gasteiger partial charge in [0, 0.05) is 45.3 Å². The number of anilines is 3. The highest BCUT2D eigenvalue weighted by Gasteiger charge is 2.47. The fraction of sp³-hybridized carbons (Fsp3) is 0.267. The van der Waals surface area contributed by atoms with Gasteiger partial charge < -0.3 is 19.6 Å². The minimum atomic E-state index is -0.813. The van der Waals surface area contributed by atoms with Crippen molar-refractivity contribution in [3.8, 4) is 5.75 Å². The predicted molar refractivity (Wildman–Crippen MR) is 149 cm³/mol. The van der Waals surface area contributed by atoms with E-state index >= 15 is 0 Å². The number of nitrogens with zero attached hydrogens (tertiary/aromatic N) is 3. The van der Waals surface area contributed by atoms with E-state index in [-0.39, 0.29) is 11.3 Å². The van der Waals surface area contributed by atoms with Crippen LogP contribution in [0.25, 0.3) is 5.76 Å². The largest absolute Gasteiger partial charge is 0.507 e. The van der Waals surface area contributed by atoms with Crippen LogP contribution in [0.2, 0.25) is 0 Å². The standard InChI is InChI=1S/C30H33N3O4/c1-18-16-19(2)29(37-7)24(17-18)27(34)25-26(20-8-10-21(11-9-20)31(3)4)33(30(36)28(25)35)23-14-12-22(13-15-23)32(5)6/h8-17,26,34H,1-7H3/b27-25+. The zero-order valence-corrected chi connectivity index (χ0v) is 22.4. The van der Waals surface area contributed by atoms with Crippen molar-refractivity contribution in [2.24, 2.45) is 0 Å². The lowest BCUT2D eigenvalue weighted by Gasteiger charge is -2.26. The number of aliphatic hydroxyl groups excluding tert-OH is 1. The number of hydrogen-bond donors (Lipinski definition) is 1. The van der Waals surface area contributed by atoms with Gasteiger partial charge in [0.2, 0.25) is 0 Å². The number of carbonyl (C=O) groups is 2. The van der Waals surface area contributed by atoms with Gasteiger partial charge in [-0.1, -0.05) is 18.2 Å². The highest BCUT2D eigenvalue weighted by atomic mass is 16.5. The molecule has 3 aromatic rings. The second-order valence-corrected chi connectivity index (χ2v) is 9.73. The number of Topliss-reactive ketones (excluding diaryl/α,β-unsaturated/α-hetero) is 1. The molecule has 1 unspecified atom stereocenters. The first kappa shape index (κ1) is 25.8. The molecule has 0 saturated carbocycles. The molecule has 37 heavy (non-hydrogen) atoms. The Morgan fingerprint density at radius 1 is 0.865 bits per heavy atom. The van der Waals surface area contributed by atoms with Crippen LogP contribution in [-0.4, -0.2) is 52.1 Å². The number of aryl methyl sites for hydroxylation is 2. The van der Waals surface area contributed by atoms with E-state index in [1.807, 2.05) is 106 Å². The van der Waals surface area contributed by atoms with Crippen molar-refractivity contribution in [1.29, 1.82) is 0 Å². The van der Waals surface area contributed by atoms with Gasteiger partial charge in [-0.2, -0.15) is 0 Å². The van der Waals surface area contributed by atoms with Gasteiger partial charge in [-0.3, -0.25) is 14.5 Å². The first-order valence-corrected chi connectivity index (χ1v) is 12.1. The summed E-state index contributed by atoms with van der Waals surface area (Å²) in [6, 6.07) is 18.0. The van der Waals surface area contributed by atoms with Crippen molar-refractivity contribution in [2.75, 3.05) is 50.0 Å². The summed E-state index contributed by atoms with van der Waals surface area (Å²) in [5, 5.41) is 11.6. The van der Waals surface area contributed by atoms with Gasteiger partial charge in [-0.15, -0.1) is 0 Å². The number of rotatable bonds is 6. The average Bonchev–Trinajstić information content (AvgIpc) is 3.13. The van der Waals surface area contributed by atoms with E-state index in [4.69, 9.17) is 4.74 Å². The molecular formula is C30H33N3O4. The molecule has 0 bridgehead atoms. The molecule has 0 radical (unpaired) electrons. The highest BCUT2D eigenvalue weighted by Crippen LogP contribution is 2.44. The van der Waals surface area contributed by atoms with Crippen molar-refractivity contribution in [3.05, 3.63) is 88.5 Å². The Balaban J connectivity index is 1.96. The van der Waals surface area contributed by atoms with Crippen LogP contribution in [-0.2, 0) is 9.59 Å². The molecular weight excluding hydrogens is 466 g/mol. The highest BCUT2D eigenvalue weighted by molar-refractivity contribution is 6.51. The zero-order chi connectivity index (χ0) is 27.0. The van der Waals surface area contributed by atoms with Gasteiger partial charge in [0.1, 0.15) is 11.5 Å². The van der Waals surface area contributed by atoms with Crippen molar-refractivity contribution in [1.82, 2.24) is 0 Å². The van der Waals surface area contributed by atoms with E-state index in [1.54, 1.807) is 6.07 Å². The van der Waals surface area contributed by atoms with Gasteiger partial charge >= 0.3 is 0 Å². The quantitative estimate of drug-likeness (QED) is 0.290. The lowest BCUT2D eigenvalue weighted by Crippen LogP contribution is -2.29. The molecule has 7 nitrogen and oxygen atoms in total. The number of hydrogen-bond acceptors (Lipinski definition) is 6. The Morgan fingerprint density at radius 2 is 1.41 bits per heavy atom. The predicted octanol–water partition coefficient (Wildman–Crippen LogP) is 5.07. The number of amides is 1. The van der Waals surface area contributed by atoms with Crippen LogP contribution in [0.4, 0.5) is 17.1 Å². The molecule has 4 rings (SSSR count). The Hall–Kier alpha value is -4.26. The van der Waals surface area contributed by atoms with Crippen LogP contribution in [0.5, 0.6) is 5.75 Å². The molecule has 0 aromatic heterocycles. The maximum Gasteiger partial charge on any atom is 0.300 e. The molecule has 0 spiro atoms. The summed E-state index contributed by atoms with van der Waals surface area (Å²) in [4.78, 5) is 32.4. The molecule has 1 amide bonds. The number of aliphatic hydroxyl groups is 1. The Morgan fingerprint density at radius 3 is 1.92 bits per heavy atom. The van der Waals surface area contributed by atoms with E-state index in [1.165, 1.54) is 12.0 Å². The van der Waals surface area contributed by atoms with Crippen LogP contribution in [0.3, 0.4) is 0 Å². The third-order valence-electron chi connectivity index (χ3n) is 6.69. The third-order valence-corrected chi connectivity index (χ3v) is 6.69. The van der Waals surface area contributed by atoms with Crippen LogP contribution in [0, 0.1) is 13.8 Å². The first-order chi connectivity index (χ1) is 17.5. The van der Waals surface area contributed by atoms with E-state index in [0.29, 0.717) is 22.6 Å². The number of ketones is 1. The average molecular weight is 500 g/mol. The van der Waals surface area contributed by atoms with Crippen LogP contribution < -0.4 is 19.4 Å². The molecule has 192 valence electrons. The molecule has 1 atom stereocenters. The maximum absolute atomic E-state index is 13.5. The normalized spacial score (nSPS) is 16.7. The number of methoxy groups -OCH3 is 1. The molecule has 0 aliphatic carbocycles. The monoisotopic (exact) mass is 499 g/mol. The van der Waals surface area contributed by atoms with Crippen molar-refractivity contribution < 1.29 is 19.4 Å². The Kier molecular flexibility index (Phi) is 6.99. The fourth-order valence-electron chi connectivity index (χ4n) is 4.83. The SMILES string of the molecule is COc1c(C)cc(C)cc1/C(O)=C1\C(=O)C(=O)N(c2ccc(N(C)C)cc2)C1c1ccc(N(C)C)cc1. The molecule has 1 aliphatic rings. The van der Waals surface area contributed by atoms with Crippen molar-refractivity contribution in [3.63, 3.8) is 0 Å². The lowest BCUT2D eigenvalue weighted by molar-refractivity contribution is -0.132. The fourth-order valence-corrected chi connectivity index (χ4v) is 4.83. The molecule has 1 aliphatic heterocycles. The summed E-state index contributed by atoms with van der Waals surface area (Å²) in [6.07, 6.45) is 0. The van der Waals surface area contributed by atoms with E-state index in [2.05, 4.69) is 0 Å². The van der Waals surface area contributed by atoms with Crippen molar-refractivity contribution in [2.45, 2.75) is 19.9 Å². The molecule has 1 heterocycles. The van der Waals surface area contributed by atoms with Crippen LogP contribution >= 0.6 is 0 Å². The van der Waals surface area contributed by atoms with Gasteiger partial charge in [0.25, 0.3) is 11.7 Å². The second kappa shape index (κ2) is 10.0. The van der Waals surface area contributed by atoms with Gasteiger partial charge in [0.05, 0.1) is 24.3 Å². The second-order valence-electron chi connectivity index (χ2n) is 9.73. The van der Waals surface area contributed by atoms with Gasteiger partial charge in [-0.05, 0) is 73.0 Å². The number of carbonyl (C=O) groups excluding carboxylic acids is 2. The minimum Gasteiger partial charge on any atom is -0.507 e. The van der Waals surface area contributed by atoms with Gasteiger partial charge in [0.15, 0.2) is 0 Å². The number of benzene rings is 3. The lowest BCUT2D eigenvalue weighted by atomic mass is 9.93. The first-order valence-electron chi connectivity index (χ1n) is 12.1. The summed E-state index contributed by atoms with van der Waals surface area (Å²) >= 11 is 0. The summed E-state index contributed by atoms with van der Waals surface area (Å²) in [7, 11) is 9.28.